The fraction of sp³-hybridized carbons (Fsp3) is 0.556. The van der Waals surface area contributed by atoms with Gasteiger partial charge in [-0.15, -0.1) is 11.3 Å². The van der Waals surface area contributed by atoms with Gasteiger partial charge in [-0.05, 0) is 12.1 Å². The summed E-state index contributed by atoms with van der Waals surface area (Å²) in [5.74, 6) is 0.906. The van der Waals surface area contributed by atoms with Crippen LogP contribution in [0.15, 0.2) is 28.7 Å². The van der Waals surface area contributed by atoms with E-state index in [9.17, 15) is 0 Å². The number of guanidine groups is 1. The molecule has 5 nitrogen and oxygen atoms in total. The van der Waals surface area contributed by atoms with E-state index in [2.05, 4.69) is 78.4 Å². The Balaban J connectivity index is 1.85. The van der Waals surface area contributed by atoms with E-state index >= 15 is 0 Å². The van der Waals surface area contributed by atoms with Crippen molar-refractivity contribution in [1.82, 2.24) is 19.8 Å². The first-order valence-corrected chi connectivity index (χ1v) is 9.16. The number of aryl methyl sites for hydroxylation is 1. The van der Waals surface area contributed by atoms with Crippen molar-refractivity contribution in [2.75, 3.05) is 20.6 Å². The molecule has 2 aromatic heterocycles. The topological polar surface area (TPSA) is 45.5 Å². The molecule has 0 amide bonds. The molecule has 0 radical (unpaired) electrons. The van der Waals surface area contributed by atoms with Crippen LogP contribution in [0.5, 0.6) is 0 Å². The van der Waals surface area contributed by atoms with Crippen molar-refractivity contribution in [3.63, 3.8) is 0 Å². The van der Waals surface area contributed by atoms with E-state index in [0.717, 1.165) is 25.5 Å². The van der Waals surface area contributed by atoms with E-state index < -0.39 is 0 Å². The molecular weight excluding hydrogens is 318 g/mol. The Labute approximate surface area is 149 Å². The summed E-state index contributed by atoms with van der Waals surface area (Å²) in [4.78, 5) is 11.3. The highest BCUT2D eigenvalue weighted by molar-refractivity contribution is 7.09. The quantitative estimate of drug-likeness (QED) is 0.668. The Morgan fingerprint density at radius 1 is 1.42 bits per heavy atom. The third-order valence-corrected chi connectivity index (χ3v) is 4.87. The predicted molar refractivity (Wildman–Crippen MR) is 103 cm³/mol. The SMILES string of the molecule is CN=C(NCCc1nc(C(C)(C)C)cs1)N(C)Cc1cccn1C. The lowest BCUT2D eigenvalue weighted by Gasteiger charge is -2.22. The number of thiazole rings is 1. The summed E-state index contributed by atoms with van der Waals surface area (Å²) in [6.07, 6.45) is 2.98. The average Bonchev–Trinajstić information content (AvgIpc) is 3.13. The van der Waals surface area contributed by atoms with Crippen molar-refractivity contribution in [1.29, 1.82) is 0 Å². The normalized spacial score (nSPS) is 12.5. The van der Waals surface area contributed by atoms with E-state index in [1.807, 2.05) is 7.05 Å². The van der Waals surface area contributed by atoms with E-state index in [1.54, 1.807) is 11.3 Å². The summed E-state index contributed by atoms with van der Waals surface area (Å²) >= 11 is 1.74. The Hall–Kier alpha value is -1.82. The molecule has 2 rings (SSSR count). The Morgan fingerprint density at radius 3 is 2.71 bits per heavy atom. The lowest BCUT2D eigenvalue weighted by Crippen LogP contribution is -2.39. The molecule has 0 atom stereocenters. The van der Waals surface area contributed by atoms with Gasteiger partial charge in [-0.3, -0.25) is 4.99 Å². The van der Waals surface area contributed by atoms with Gasteiger partial charge in [0.2, 0.25) is 0 Å². The highest BCUT2D eigenvalue weighted by Crippen LogP contribution is 2.23. The van der Waals surface area contributed by atoms with Gasteiger partial charge in [-0.1, -0.05) is 20.8 Å². The zero-order valence-electron chi connectivity index (χ0n) is 15.6. The van der Waals surface area contributed by atoms with E-state index in [4.69, 9.17) is 4.98 Å². The van der Waals surface area contributed by atoms with Gasteiger partial charge in [-0.25, -0.2) is 4.98 Å². The number of nitrogens with one attached hydrogen (secondary N) is 1. The van der Waals surface area contributed by atoms with Crippen molar-refractivity contribution >= 4 is 17.3 Å². The van der Waals surface area contributed by atoms with E-state index in [1.165, 1.54) is 16.4 Å². The molecule has 0 fully saturated rings. The van der Waals surface area contributed by atoms with Crippen molar-refractivity contribution in [3.05, 3.63) is 40.1 Å². The van der Waals surface area contributed by atoms with Crippen LogP contribution in [0.3, 0.4) is 0 Å². The fourth-order valence-corrected chi connectivity index (χ4v) is 3.44. The van der Waals surface area contributed by atoms with Crippen LogP contribution in [-0.4, -0.2) is 41.1 Å². The maximum atomic E-state index is 4.74. The standard InChI is InChI=1S/C18H29N5S/c1-18(2,3)15-13-24-16(21-15)9-10-20-17(19-4)23(6)12-14-8-7-11-22(14)5/h7-8,11,13H,9-10,12H2,1-6H3,(H,19,20). The molecule has 0 unspecified atom stereocenters. The van der Waals surface area contributed by atoms with Crippen molar-refractivity contribution < 1.29 is 0 Å². The highest BCUT2D eigenvalue weighted by atomic mass is 32.1. The van der Waals surface area contributed by atoms with Crippen molar-refractivity contribution in [3.8, 4) is 0 Å². The number of hydrogen-bond acceptors (Lipinski definition) is 3. The monoisotopic (exact) mass is 347 g/mol. The Bertz CT molecular complexity index is 678. The second-order valence-electron chi connectivity index (χ2n) is 7.07. The largest absolute Gasteiger partial charge is 0.356 e. The van der Waals surface area contributed by atoms with Gasteiger partial charge in [0.15, 0.2) is 5.96 Å². The number of rotatable bonds is 5. The molecule has 0 saturated heterocycles. The highest BCUT2D eigenvalue weighted by Gasteiger charge is 2.17. The lowest BCUT2D eigenvalue weighted by atomic mass is 9.93. The second-order valence-corrected chi connectivity index (χ2v) is 8.01. The van der Waals surface area contributed by atoms with Crippen LogP contribution in [0.2, 0.25) is 0 Å². The first-order chi connectivity index (χ1) is 11.3. The first kappa shape index (κ1) is 18.5. The molecule has 1 N–H and O–H groups in total. The third kappa shape index (κ3) is 4.84. The number of aromatic nitrogens is 2. The van der Waals surface area contributed by atoms with E-state index in [0.29, 0.717) is 0 Å². The molecule has 6 heteroatoms. The molecule has 0 saturated carbocycles. The van der Waals surface area contributed by atoms with Gasteiger partial charge in [-0.2, -0.15) is 0 Å². The number of aliphatic imine (C=N–C) groups is 1. The molecule has 0 bridgehead atoms. The van der Waals surface area contributed by atoms with Crippen LogP contribution in [0.25, 0.3) is 0 Å². The van der Waals surface area contributed by atoms with Crippen LogP contribution in [0, 0.1) is 0 Å². The molecule has 2 aromatic rings. The van der Waals surface area contributed by atoms with Crippen LogP contribution < -0.4 is 5.32 Å². The van der Waals surface area contributed by atoms with Gasteiger partial charge in [0.05, 0.1) is 17.2 Å². The minimum absolute atomic E-state index is 0.119. The van der Waals surface area contributed by atoms with Crippen LogP contribution in [0.4, 0.5) is 0 Å². The summed E-state index contributed by atoms with van der Waals surface area (Å²) in [5, 5.41) is 6.78. The van der Waals surface area contributed by atoms with Crippen LogP contribution >= 0.6 is 11.3 Å². The summed E-state index contributed by atoms with van der Waals surface area (Å²) < 4.78 is 2.13. The first-order valence-electron chi connectivity index (χ1n) is 8.28. The molecule has 0 aromatic carbocycles. The molecular formula is C18H29N5S. The van der Waals surface area contributed by atoms with Crippen LogP contribution in [-0.2, 0) is 25.4 Å². The van der Waals surface area contributed by atoms with Gasteiger partial charge >= 0.3 is 0 Å². The fourth-order valence-electron chi connectivity index (χ4n) is 2.41. The molecule has 0 aliphatic rings. The van der Waals surface area contributed by atoms with Crippen molar-refractivity contribution in [2.45, 2.75) is 39.2 Å². The molecule has 0 aliphatic heterocycles. The average molecular weight is 348 g/mol. The van der Waals surface area contributed by atoms with E-state index in [-0.39, 0.29) is 5.41 Å². The van der Waals surface area contributed by atoms with Crippen molar-refractivity contribution in [2.24, 2.45) is 12.0 Å². The van der Waals surface area contributed by atoms with Gasteiger partial charge in [0.25, 0.3) is 0 Å². The lowest BCUT2D eigenvalue weighted by molar-refractivity contribution is 0.462. The third-order valence-electron chi connectivity index (χ3n) is 3.97. The molecule has 132 valence electrons. The molecule has 0 spiro atoms. The number of nitrogens with zero attached hydrogens (tertiary/aromatic N) is 4. The van der Waals surface area contributed by atoms with Gasteiger partial charge < -0.3 is 14.8 Å². The minimum atomic E-state index is 0.119. The molecule has 24 heavy (non-hydrogen) atoms. The summed E-state index contributed by atoms with van der Waals surface area (Å²) in [7, 11) is 5.95. The zero-order chi connectivity index (χ0) is 17.7. The smallest absolute Gasteiger partial charge is 0.193 e. The minimum Gasteiger partial charge on any atom is -0.356 e. The molecule has 2 heterocycles. The summed E-state index contributed by atoms with van der Waals surface area (Å²) in [6.45, 7) is 8.26. The molecule has 0 aliphatic carbocycles. The summed E-state index contributed by atoms with van der Waals surface area (Å²) in [5.41, 5.74) is 2.55. The zero-order valence-corrected chi connectivity index (χ0v) is 16.4. The Kier molecular flexibility index (Phi) is 6.04. The van der Waals surface area contributed by atoms with Crippen LogP contribution in [0.1, 0.15) is 37.2 Å². The second kappa shape index (κ2) is 7.83. The maximum absolute atomic E-state index is 4.74. The Morgan fingerprint density at radius 2 is 2.17 bits per heavy atom. The van der Waals surface area contributed by atoms with Gasteiger partial charge in [0, 0.05) is 56.8 Å². The maximum Gasteiger partial charge on any atom is 0.193 e. The predicted octanol–water partition coefficient (Wildman–Crippen LogP) is 3.03. The van der Waals surface area contributed by atoms with Gasteiger partial charge in [0.1, 0.15) is 0 Å². The summed E-state index contributed by atoms with van der Waals surface area (Å²) in [6, 6.07) is 4.20. The number of hydrogen-bond donors (Lipinski definition) is 1.